The highest BCUT2D eigenvalue weighted by Crippen LogP contribution is 1.99. The molecule has 0 saturated carbocycles. The van der Waals surface area contributed by atoms with E-state index in [1.807, 2.05) is 25.1 Å². The van der Waals surface area contributed by atoms with Crippen LogP contribution in [0.25, 0.3) is 0 Å². The summed E-state index contributed by atoms with van der Waals surface area (Å²) in [5.74, 6) is -0.0593. The highest BCUT2D eigenvalue weighted by atomic mass is 16.5. The van der Waals surface area contributed by atoms with Gasteiger partial charge in [-0.3, -0.25) is 9.59 Å². The normalized spacial score (nSPS) is 9.00. The molecule has 3 heteroatoms. The first kappa shape index (κ1) is 16.4. The van der Waals surface area contributed by atoms with Gasteiger partial charge in [0.05, 0.1) is 6.61 Å². The number of hydrogen-bond donors (Lipinski definition) is 0. The minimum Gasteiger partial charge on any atom is -0.466 e. The smallest absolute Gasteiger partial charge is 0.305 e. The van der Waals surface area contributed by atoms with Gasteiger partial charge >= 0.3 is 5.97 Å². The first-order chi connectivity index (χ1) is 8.74. The average molecular weight is 250 g/mol. The van der Waals surface area contributed by atoms with E-state index in [1.165, 1.54) is 0 Å². The summed E-state index contributed by atoms with van der Waals surface area (Å²) in [4.78, 5) is 20.7. The number of ether oxygens (including phenoxy) is 1. The van der Waals surface area contributed by atoms with Gasteiger partial charge in [-0.1, -0.05) is 50.1 Å². The van der Waals surface area contributed by atoms with Crippen LogP contribution >= 0.6 is 0 Å². The average Bonchev–Trinajstić information content (AvgIpc) is 2.41. The minimum atomic E-state index is -0.0593. The molecule has 0 saturated heterocycles. The van der Waals surface area contributed by atoms with Crippen LogP contribution in [0.5, 0.6) is 0 Å². The minimum absolute atomic E-state index is 0.0593. The number of rotatable bonds is 6. The van der Waals surface area contributed by atoms with Crippen molar-refractivity contribution in [2.24, 2.45) is 0 Å². The predicted molar refractivity (Wildman–Crippen MR) is 72.6 cm³/mol. The van der Waals surface area contributed by atoms with Crippen LogP contribution in [0.2, 0.25) is 0 Å². The van der Waals surface area contributed by atoms with Gasteiger partial charge in [0.15, 0.2) is 0 Å². The molecule has 0 unspecified atom stereocenters. The SMILES string of the molecule is CCCCCC(=O)OCC.O=Cc1ccccc1. The molecule has 100 valence electrons. The molecule has 0 heterocycles. The lowest BCUT2D eigenvalue weighted by molar-refractivity contribution is -0.143. The van der Waals surface area contributed by atoms with Crippen LogP contribution in [0.3, 0.4) is 0 Å². The van der Waals surface area contributed by atoms with E-state index in [9.17, 15) is 9.59 Å². The van der Waals surface area contributed by atoms with E-state index < -0.39 is 0 Å². The molecular weight excluding hydrogens is 228 g/mol. The Morgan fingerprint density at radius 2 is 1.83 bits per heavy atom. The summed E-state index contributed by atoms with van der Waals surface area (Å²) in [6.07, 6.45) is 4.66. The van der Waals surface area contributed by atoms with Crippen LogP contribution in [0.15, 0.2) is 30.3 Å². The van der Waals surface area contributed by atoms with Crippen LogP contribution in [0.1, 0.15) is 49.9 Å². The molecule has 1 aromatic carbocycles. The van der Waals surface area contributed by atoms with Gasteiger partial charge in [0, 0.05) is 12.0 Å². The standard InChI is InChI=1S/C8H16O2.C7H6O/c1-3-5-6-7-8(9)10-4-2;8-6-7-4-2-1-3-5-7/h3-7H2,1-2H3;1-6H. The van der Waals surface area contributed by atoms with Gasteiger partial charge in [-0.05, 0) is 13.3 Å². The number of carbonyl (C=O) groups excluding carboxylic acids is 2. The molecule has 0 N–H and O–H groups in total. The first-order valence-corrected chi connectivity index (χ1v) is 6.40. The maximum atomic E-state index is 10.7. The van der Waals surface area contributed by atoms with Crippen LogP contribution in [0, 0.1) is 0 Å². The number of aldehydes is 1. The third kappa shape index (κ3) is 9.58. The topological polar surface area (TPSA) is 43.4 Å². The summed E-state index contributed by atoms with van der Waals surface area (Å²) in [6, 6.07) is 9.10. The van der Waals surface area contributed by atoms with Gasteiger partial charge in [-0.15, -0.1) is 0 Å². The molecule has 0 aliphatic carbocycles. The highest BCUT2D eigenvalue weighted by Gasteiger charge is 1.98. The maximum absolute atomic E-state index is 10.7. The number of unbranched alkanes of at least 4 members (excludes halogenated alkanes) is 2. The lowest BCUT2D eigenvalue weighted by atomic mass is 10.2. The highest BCUT2D eigenvalue weighted by molar-refractivity contribution is 5.74. The summed E-state index contributed by atoms with van der Waals surface area (Å²) >= 11 is 0. The summed E-state index contributed by atoms with van der Waals surface area (Å²) in [6.45, 7) is 4.45. The van der Waals surface area contributed by atoms with Crippen LogP contribution < -0.4 is 0 Å². The second-order valence-corrected chi connectivity index (χ2v) is 3.79. The molecule has 1 aromatic rings. The Labute approximate surface area is 109 Å². The van der Waals surface area contributed by atoms with Crippen molar-refractivity contribution in [2.75, 3.05) is 6.61 Å². The van der Waals surface area contributed by atoms with Gasteiger partial charge in [-0.2, -0.15) is 0 Å². The second-order valence-electron chi connectivity index (χ2n) is 3.79. The van der Waals surface area contributed by atoms with Gasteiger partial charge in [0.1, 0.15) is 6.29 Å². The van der Waals surface area contributed by atoms with Crippen LogP contribution in [-0.2, 0) is 9.53 Å². The summed E-state index contributed by atoms with van der Waals surface area (Å²) in [5.41, 5.74) is 0.729. The monoisotopic (exact) mass is 250 g/mol. The molecular formula is C15H22O3. The molecule has 0 amide bonds. The molecule has 3 nitrogen and oxygen atoms in total. The quantitative estimate of drug-likeness (QED) is 0.440. The van der Waals surface area contributed by atoms with Gasteiger partial charge in [0.25, 0.3) is 0 Å². The van der Waals surface area contributed by atoms with Crippen molar-refractivity contribution in [2.45, 2.75) is 39.5 Å². The Hall–Kier alpha value is -1.64. The van der Waals surface area contributed by atoms with E-state index in [4.69, 9.17) is 4.74 Å². The molecule has 18 heavy (non-hydrogen) atoms. The zero-order chi connectivity index (χ0) is 13.6. The second kappa shape index (κ2) is 11.8. The fourth-order valence-electron chi connectivity index (χ4n) is 1.28. The zero-order valence-electron chi connectivity index (χ0n) is 11.2. The van der Waals surface area contributed by atoms with Crippen molar-refractivity contribution in [3.05, 3.63) is 35.9 Å². The third-order valence-electron chi connectivity index (χ3n) is 2.23. The van der Waals surface area contributed by atoms with E-state index in [0.29, 0.717) is 13.0 Å². The maximum Gasteiger partial charge on any atom is 0.305 e. The van der Waals surface area contributed by atoms with E-state index in [2.05, 4.69) is 6.92 Å². The van der Waals surface area contributed by atoms with Crippen LogP contribution in [-0.4, -0.2) is 18.9 Å². The molecule has 0 atom stereocenters. The Kier molecular flexibility index (Phi) is 10.8. The van der Waals surface area contributed by atoms with Crippen molar-refractivity contribution >= 4 is 12.3 Å². The van der Waals surface area contributed by atoms with E-state index in [1.54, 1.807) is 12.1 Å². The molecule has 0 fully saturated rings. The molecule has 1 rings (SSSR count). The Morgan fingerprint density at radius 3 is 2.28 bits per heavy atom. The molecule has 0 spiro atoms. The van der Waals surface area contributed by atoms with Crippen molar-refractivity contribution in [3.63, 3.8) is 0 Å². The fraction of sp³-hybridized carbons (Fsp3) is 0.467. The first-order valence-electron chi connectivity index (χ1n) is 6.40. The van der Waals surface area contributed by atoms with E-state index in [-0.39, 0.29) is 5.97 Å². The molecule has 0 aromatic heterocycles. The Bertz CT molecular complexity index is 320. The summed E-state index contributed by atoms with van der Waals surface area (Å²) < 4.78 is 4.75. The number of carbonyl (C=O) groups is 2. The van der Waals surface area contributed by atoms with Gasteiger partial charge in [0.2, 0.25) is 0 Å². The Balaban J connectivity index is 0.000000327. The van der Waals surface area contributed by atoms with Gasteiger partial charge in [-0.25, -0.2) is 0 Å². The van der Waals surface area contributed by atoms with Crippen molar-refractivity contribution in [1.29, 1.82) is 0 Å². The Morgan fingerprint density at radius 1 is 1.17 bits per heavy atom. The summed E-state index contributed by atoms with van der Waals surface area (Å²) in [7, 11) is 0. The van der Waals surface area contributed by atoms with Crippen molar-refractivity contribution in [3.8, 4) is 0 Å². The molecule has 0 aliphatic heterocycles. The summed E-state index contributed by atoms with van der Waals surface area (Å²) in [5, 5.41) is 0. The largest absolute Gasteiger partial charge is 0.466 e. The van der Waals surface area contributed by atoms with E-state index in [0.717, 1.165) is 31.1 Å². The number of hydrogen-bond acceptors (Lipinski definition) is 3. The lowest BCUT2D eigenvalue weighted by Gasteiger charge is -1.99. The molecule has 0 aliphatic rings. The molecule has 0 radical (unpaired) electrons. The van der Waals surface area contributed by atoms with Crippen molar-refractivity contribution in [1.82, 2.24) is 0 Å². The van der Waals surface area contributed by atoms with Crippen molar-refractivity contribution < 1.29 is 14.3 Å². The van der Waals surface area contributed by atoms with Crippen LogP contribution in [0.4, 0.5) is 0 Å². The number of esters is 1. The van der Waals surface area contributed by atoms with E-state index >= 15 is 0 Å². The third-order valence-corrected chi connectivity index (χ3v) is 2.23. The zero-order valence-corrected chi connectivity index (χ0v) is 11.2. The predicted octanol–water partition coefficient (Wildman–Crippen LogP) is 3.63. The molecule has 0 bridgehead atoms. The lowest BCUT2D eigenvalue weighted by Crippen LogP contribution is -2.02. The number of benzene rings is 1. The van der Waals surface area contributed by atoms with Gasteiger partial charge < -0.3 is 4.74 Å². The fourth-order valence-corrected chi connectivity index (χ4v) is 1.28.